The van der Waals surface area contributed by atoms with Gasteiger partial charge in [-0.15, -0.1) is 11.3 Å². The average molecular weight is 492 g/mol. The molecule has 168 valence electrons. The Morgan fingerprint density at radius 1 is 1.16 bits per heavy atom. The maximum absolute atomic E-state index is 13.3. The van der Waals surface area contributed by atoms with Gasteiger partial charge in [0.2, 0.25) is 0 Å². The van der Waals surface area contributed by atoms with Gasteiger partial charge in [0.25, 0.3) is 15.9 Å². The van der Waals surface area contributed by atoms with Gasteiger partial charge in [0.1, 0.15) is 12.3 Å². The Bertz CT molecular complexity index is 1190. The second-order valence-electron chi connectivity index (χ2n) is 6.65. The number of aryl methyl sites for hydroxylation is 1. The number of rotatable bonds is 9. The van der Waals surface area contributed by atoms with Crippen molar-refractivity contribution in [3.8, 4) is 5.75 Å². The molecule has 0 saturated carbocycles. The number of thiophene rings is 1. The normalized spacial score (nSPS) is 11.5. The molecule has 0 aliphatic rings. The Morgan fingerprint density at radius 3 is 2.44 bits per heavy atom. The number of sulfonamides is 1. The third-order valence-corrected chi connectivity index (χ3v) is 7.39. The van der Waals surface area contributed by atoms with Gasteiger partial charge < -0.3 is 4.74 Å². The lowest BCUT2D eigenvalue weighted by molar-refractivity contribution is -0.119. The summed E-state index contributed by atoms with van der Waals surface area (Å²) in [5, 5.41) is 6.28. The largest absolute Gasteiger partial charge is 0.494 e. The molecule has 0 aliphatic carbocycles. The molecule has 10 heteroatoms. The molecular weight excluding hydrogens is 470 g/mol. The zero-order valence-corrected chi connectivity index (χ0v) is 19.9. The molecule has 0 fully saturated rings. The van der Waals surface area contributed by atoms with Crippen LogP contribution in [0.25, 0.3) is 0 Å². The van der Waals surface area contributed by atoms with E-state index in [1.807, 2.05) is 25.3 Å². The van der Waals surface area contributed by atoms with Crippen molar-refractivity contribution in [1.82, 2.24) is 5.43 Å². The van der Waals surface area contributed by atoms with Crippen molar-refractivity contribution < 1.29 is 17.9 Å². The summed E-state index contributed by atoms with van der Waals surface area (Å²) in [6.45, 7) is 3.82. The third kappa shape index (κ3) is 5.87. The second kappa shape index (κ2) is 10.6. The molecule has 7 nitrogen and oxygen atoms in total. The minimum atomic E-state index is -4.04. The zero-order valence-electron chi connectivity index (χ0n) is 17.5. The first-order chi connectivity index (χ1) is 15.3. The zero-order chi connectivity index (χ0) is 23.1. The quantitative estimate of drug-likeness (QED) is 0.353. The highest BCUT2D eigenvalue weighted by atomic mass is 35.5. The van der Waals surface area contributed by atoms with Crippen molar-refractivity contribution in [2.75, 3.05) is 17.5 Å². The fourth-order valence-electron chi connectivity index (χ4n) is 2.77. The monoisotopic (exact) mass is 491 g/mol. The van der Waals surface area contributed by atoms with Crippen LogP contribution in [0.5, 0.6) is 5.75 Å². The molecule has 1 N–H and O–H groups in total. The van der Waals surface area contributed by atoms with E-state index in [4.69, 9.17) is 16.3 Å². The van der Waals surface area contributed by atoms with Gasteiger partial charge in [0.15, 0.2) is 0 Å². The van der Waals surface area contributed by atoms with E-state index in [9.17, 15) is 13.2 Å². The predicted octanol–water partition coefficient (Wildman–Crippen LogP) is 4.45. The molecule has 0 spiro atoms. The van der Waals surface area contributed by atoms with Gasteiger partial charge in [-0.3, -0.25) is 9.10 Å². The highest BCUT2D eigenvalue weighted by Crippen LogP contribution is 2.26. The van der Waals surface area contributed by atoms with Gasteiger partial charge in [0, 0.05) is 9.90 Å². The molecule has 1 amide bonds. The maximum Gasteiger partial charge on any atom is 0.264 e. The summed E-state index contributed by atoms with van der Waals surface area (Å²) >= 11 is 7.39. The maximum atomic E-state index is 13.3. The van der Waals surface area contributed by atoms with E-state index in [-0.39, 0.29) is 4.90 Å². The van der Waals surface area contributed by atoms with Crippen LogP contribution >= 0.6 is 22.9 Å². The molecular formula is C22H22ClN3O4S2. The van der Waals surface area contributed by atoms with E-state index < -0.39 is 22.5 Å². The lowest BCUT2D eigenvalue weighted by Gasteiger charge is -2.24. The van der Waals surface area contributed by atoms with Crippen LogP contribution in [0.15, 0.2) is 70.0 Å². The molecule has 0 unspecified atom stereocenters. The Kier molecular flexibility index (Phi) is 7.89. The molecule has 1 aromatic heterocycles. The summed E-state index contributed by atoms with van der Waals surface area (Å²) in [6, 6.07) is 14.2. The number of hydrogen-bond acceptors (Lipinski definition) is 6. The number of ether oxygens (including phenoxy) is 1. The summed E-state index contributed by atoms with van der Waals surface area (Å²) < 4.78 is 33.1. The van der Waals surface area contributed by atoms with Crippen LogP contribution in [-0.2, 0) is 14.8 Å². The Labute approximate surface area is 196 Å². The number of halogens is 1. The van der Waals surface area contributed by atoms with Gasteiger partial charge in [-0.25, -0.2) is 13.8 Å². The van der Waals surface area contributed by atoms with Gasteiger partial charge in [-0.1, -0.05) is 11.6 Å². The molecule has 1 heterocycles. The number of carbonyl (C=O) groups excluding carboxylic acids is 1. The number of carbonyl (C=O) groups is 1. The summed E-state index contributed by atoms with van der Waals surface area (Å²) in [5.74, 6) is 0.0161. The number of hydrogen-bond donors (Lipinski definition) is 1. The fourth-order valence-corrected chi connectivity index (χ4v) is 5.10. The van der Waals surface area contributed by atoms with Crippen molar-refractivity contribution in [1.29, 1.82) is 0 Å². The average Bonchev–Trinajstić information content (AvgIpc) is 3.18. The van der Waals surface area contributed by atoms with Crippen molar-refractivity contribution in [2.24, 2.45) is 5.10 Å². The van der Waals surface area contributed by atoms with E-state index in [0.29, 0.717) is 23.1 Å². The number of anilines is 1. The Balaban J connectivity index is 1.86. The number of hydrazone groups is 1. The molecule has 2 aromatic carbocycles. The Hall–Kier alpha value is -2.88. The predicted molar refractivity (Wildman–Crippen MR) is 128 cm³/mol. The van der Waals surface area contributed by atoms with Crippen molar-refractivity contribution in [3.05, 3.63) is 75.4 Å². The first-order valence-electron chi connectivity index (χ1n) is 9.68. The highest BCUT2D eigenvalue weighted by Gasteiger charge is 2.27. The van der Waals surface area contributed by atoms with E-state index in [0.717, 1.165) is 14.7 Å². The highest BCUT2D eigenvalue weighted by molar-refractivity contribution is 7.92. The van der Waals surface area contributed by atoms with Crippen LogP contribution in [0.4, 0.5) is 5.69 Å². The first kappa shape index (κ1) is 23.8. The molecule has 0 bridgehead atoms. The smallest absolute Gasteiger partial charge is 0.264 e. The summed E-state index contributed by atoms with van der Waals surface area (Å²) in [7, 11) is -4.04. The van der Waals surface area contributed by atoms with E-state index in [1.54, 1.807) is 24.3 Å². The first-order valence-corrected chi connectivity index (χ1v) is 12.4. The van der Waals surface area contributed by atoms with Gasteiger partial charge >= 0.3 is 0 Å². The summed E-state index contributed by atoms with van der Waals surface area (Å²) in [5.41, 5.74) is 3.75. The number of amides is 1. The number of nitrogens with zero attached hydrogens (tertiary/aromatic N) is 2. The fraction of sp³-hybridized carbons (Fsp3) is 0.182. The summed E-state index contributed by atoms with van der Waals surface area (Å²) in [4.78, 5) is 13.5. The van der Waals surface area contributed by atoms with E-state index in [2.05, 4.69) is 10.5 Å². The molecule has 0 aliphatic heterocycles. The number of benzene rings is 2. The van der Waals surface area contributed by atoms with Crippen LogP contribution in [0, 0.1) is 6.92 Å². The van der Waals surface area contributed by atoms with Crippen molar-refractivity contribution in [3.63, 3.8) is 0 Å². The second-order valence-corrected chi connectivity index (χ2v) is 9.90. The van der Waals surface area contributed by atoms with Crippen LogP contribution in [-0.4, -0.2) is 33.7 Å². The van der Waals surface area contributed by atoms with Gasteiger partial charge in [-0.2, -0.15) is 5.10 Å². The van der Waals surface area contributed by atoms with Crippen molar-refractivity contribution in [2.45, 2.75) is 18.7 Å². The third-order valence-electron chi connectivity index (χ3n) is 4.40. The van der Waals surface area contributed by atoms with Crippen molar-refractivity contribution >= 4 is 50.8 Å². The van der Waals surface area contributed by atoms with Crippen LogP contribution in [0.3, 0.4) is 0 Å². The van der Waals surface area contributed by atoms with E-state index >= 15 is 0 Å². The number of nitrogens with one attached hydrogen (secondary N) is 1. The molecule has 32 heavy (non-hydrogen) atoms. The molecule has 3 aromatic rings. The molecule has 3 rings (SSSR count). The topological polar surface area (TPSA) is 88.1 Å². The lowest BCUT2D eigenvalue weighted by Crippen LogP contribution is -2.39. The van der Waals surface area contributed by atoms with Gasteiger partial charge in [-0.05, 0) is 79.4 Å². The Morgan fingerprint density at radius 2 is 1.84 bits per heavy atom. The molecule has 0 saturated heterocycles. The summed E-state index contributed by atoms with van der Waals surface area (Å²) in [6.07, 6.45) is 1.53. The van der Waals surface area contributed by atoms with Crippen LogP contribution in [0.2, 0.25) is 5.02 Å². The minimum absolute atomic E-state index is 0.0151. The molecule has 0 atom stereocenters. The standard InChI is InChI=1S/C22H22ClN3O4S2/c1-3-30-19-8-6-18(7-9-19)26(32(28,29)20-10-4-17(23)5-11-20)15-22(27)25-24-14-21-16(2)12-13-31-21/h4-14H,3,15H2,1-2H3,(H,25,27)/b24-14-. The van der Waals surface area contributed by atoms with Crippen LogP contribution in [0.1, 0.15) is 17.4 Å². The minimum Gasteiger partial charge on any atom is -0.494 e. The van der Waals surface area contributed by atoms with Gasteiger partial charge in [0.05, 0.1) is 23.4 Å². The van der Waals surface area contributed by atoms with E-state index in [1.165, 1.54) is 41.8 Å². The van der Waals surface area contributed by atoms with Crippen LogP contribution < -0.4 is 14.5 Å². The molecule has 0 radical (unpaired) electrons. The SMILES string of the molecule is CCOc1ccc(N(CC(=O)N/N=C\c2sccc2C)S(=O)(=O)c2ccc(Cl)cc2)cc1. The lowest BCUT2D eigenvalue weighted by atomic mass is 10.3.